The smallest absolute Gasteiger partial charge is 0.337 e. The van der Waals surface area contributed by atoms with Gasteiger partial charge in [0.25, 0.3) is 0 Å². The highest BCUT2D eigenvalue weighted by atomic mass is 16.5. The summed E-state index contributed by atoms with van der Waals surface area (Å²) in [6.07, 6.45) is 5.51. The summed E-state index contributed by atoms with van der Waals surface area (Å²) in [4.78, 5) is 16.0. The van der Waals surface area contributed by atoms with Crippen molar-refractivity contribution < 1.29 is 9.53 Å². The van der Waals surface area contributed by atoms with Gasteiger partial charge in [-0.2, -0.15) is 5.10 Å². The Morgan fingerprint density at radius 1 is 1.20 bits per heavy atom. The van der Waals surface area contributed by atoms with Gasteiger partial charge in [-0.05, 0) is 24.3 Å². The molecule has 1 aromatic carbocycles. The first kappa shape index (κ1) is 12.3. The zero-order chi connectivity index (χ0) is 14.1. The summed E-state index contributed by atoms with van der Waals surface area (Å²) in [6, 6.07) is 7.30. The predicted octanol–water partition coefficient (Wildman–Crippen LogP) is 2.42. The van der Waals surface area contributed by atoms with Crippen molar-refractivity contribution in [2.24, 2.45) is 7.05 Å². The van der Waals surface area contributed by atoms with Crippen LogP contribution in [0.15, 0.2) is 42.9 Å². The second-order valence-electron chi connectivity index (χ2n) is 4.53. The first-order chi connectivity index (χ1) is 9.67. The Balaban J connectivity index is 2.11. The number of pyridine rings is 1. The molecule has 5 heteroatoms. The fraction of sp³-hybridized carbons (Fsp3) is 0.133. The van der Waals surface area contributed by atoms with Crippen molar-refractivity contribution in [3.8, 4) is 11.1 Å². The lowest BCUT2D eigenvalue weighted by Crippen LogP contribution is -2.00. The van der Waals surface area contributed by atoms with Crippen LogP contribution in [0.2, 0.25) is 0 Å². The Morgan fingerprint density at radius 2 is 2.05 bits per heavy atom. The molecule has 0 aliphatic rings. The average Bonchev–Trinajstić information content (AvgIpc) is 2.92. The highest BCUT2D eigenvalue weighted by Crippen LogP contribution is 2.23. The quantitative estimate of drug-likeness (QED) is 0.669. The van der Waals surface area contributed by atoms with Crippen LogP contribution >= 0.6 is 0 Å². The summed E-state index contributed by atoms with van der Waals surface area (Å²) in [5.74, 6) is -0.348. The molecule has 0 saturated heterocycles. The summed E-state index contributed by atoms with van der Waals surface area (Å²) in [7, 11) is 3.24. The van der Waals surface area contributed by atoms with Crippen molar-refractivity contribution in [1.82, 2.24) is 14.8 Å². The van der Waals surface area contributed by atoms with Gasteiger partial charge in [-0.1, -0.05) is 0 Å². The standard InChI is InChI=1S/C15H13N3O2/c1-18-9-13(8-17-18)12-6-11-5-10(15(19)20-2)3-4-14(11)16-7-12/h3-9H,1-2H3. The van der Waals surface area contributed by atoms with Crippen LogP contribution in [-0.4, -0.2) is 27.8 Å². The molecule has 0 N–H and O–H groups in total. The van der Waals surface area contributed by atoms with E-state index in [0.717, 1.165) is 22.0 Å². The van der Waals surface area contributed by atoms with Gasteiger partial charge in [0, 0.05) is 36.0 Å². The van der Waals surface area contributed by atoms with E-state index in [-0.39, 0.29) is 5.97 Å². The average molecular weight is 267 g/mol. The lowest BCUT2D eigenvalue weighted by atomic mass is 10.1. The summed E-state index contributed by atoms with van der Waals surface area (Å²) in [5.41, 5.74) is 3.31. The van der Waals surface area contributed by atoms with Gasteiger partial charge in [0.1, 0.15) is 0 Å². The van der Waals surface area contributed by atoms with Gasteiger partial charge < -0.3 is 4.74 Å². The van der Waals surface area contributed by atoms with Crippen molar-refractivity contribution in [3.05, 3.63) is 48.4 Å². The Hall–Kier alpha value is -2.69. The molecule has 0 amide bonds. The van der Waals surface area contributed by atoms with Crippen molar-refractivity contribution >= 4 is 16.9 Å². The minimum atomic E-state index is -0.348. The number of rotatable bonds is 2. The number of methoxy groups -OCH3 is 1. The molecular weight excluding hydrogens is 254 g/mol. The Kier molecular flexibility index (Phi) is 2.95. The van der Waals surface area contributed by atoms with Crippen molar-refractivity contribution in [1.29, 1.82) is 0 Å². The fourth-order valence-electron chi connectivity index (χ4n) is 2.10. The van der Waals surface area contributed by atoms with Crippen LogP contribution in [-0.2, 0) is 11.8 Å². The molecule has 2 aromatic heterocycles. The number of carbonyl (C=O) groups excluding carboxylic acids is 1. The van der Waals surface area contributed by atoms with E-state index in [1.54, 1.807) is 29.2 Å². The number of esters is 1. The highest BCUT2D eigenvalue weighted by Gasteiger charge is 2.08. The third-order valence-corrected chi connectivity index (χ3v) is 3.14. The van der Waals surface area contributed by atoms with E-state index in [4.69, 9.17) is 4.74 Å². The molecular formula is C15H13N3O2. The Morgan fingerprint density at radius 3 is 2.75 bits per heavy atom. The molecule has 0 spiro atoms. The van der Waals surface area contributed by atoms with E-state index >= 15 is 0 Å². The molecule has 0 fully saturated rings. The van der Waals surface area contributed by atoms with Crippen molar-refractivity contribution in [3.63, 3.8) is 0 Å². The molecule has 0 atom stereocenters. The number of aryl methyl sites for hydroxylation is 1. The predicted molar refractivity (Wildman–Crippen MR) is 75.3 cm³/mol. The van der Waals surface area contributed by atoms with Crippen molar-refractivity contribution in [2.75, 3.05) is 7.11 Å². The number of benzene rings is 1. The van der Waals surface area contributed by atoms with E-state index in [1.807, 2.05) is 25.4 Å². The first-order valence-corrected chi connectivity index (χ1v) is 6.14. The van der Waals surface area contributed by atoms with E-state index in [1.165, 1.54) is 7.11 Å². The molecule has 0 radical (unpaired) electrons. The third-order valence-electron chi connectivity index (χ3n) is 3.14. The van der Waals surface area contributed by atoms with Crippen LogP contribution < -0.4 is 0 Å². The minimum absolute atomic E-state index is 0.348. The Labute approximate surface area is 115 Å². The molecule has 0 saturated carbocycles. The van der Waals surface area contributed by atoms with E-state index in [9.17, 15) is 4.79 Å². The normalized spacial score (nSPS) is 10.7. The zero-order valence-corrected chi connectivity index (χ0v) is 11.2. The number of hydrogen-bond acceptors (Lipinski definition) is 4. The monoisotopic (exact) mass is 267 g/mol. The molecule has 20 heavy (non-hydrogen) atoms. The summed E-state index contributed by atoms with van der Waals surface area (Å²) in [6.45, 7) is 0. The van der Waals surface area contributed by atoms with Gasteiger partial charge in [0.2, 0.25) is 0 Å². The van der Waals surface area contributed by atoms with Crippen LogP contribution in [0.1, 0.15) is 10.4 Å². The van der Waals surface area contributed by atoms with Crippen molar-refractivity contribution in [2.45, 2.75) is 0 Å². The van der Waals surface area contributed by atoms with Gasteiger partial charge in [-0.15, -0.1) is 0 Å². The molecule has 100 valence electrons. The SMILES string of the molecule is COC(=O)c1ccc2ncc(-c3cnn(C)c3)cc2c1. The number of ether oxygens (including phenoxy) is 1. The van der Waals surface area contributed by atoms with Crippen LogP contribution in [0.25, 0.3) is 22.0 Å². The summed E-state index contributed by atoms with van der Waals surface area (Å²) < 4.78 is 6.47. The number of carbonyl (C=O) groups is 1. The topological polar surface area (TPSA) is 57.0 Å². The minimum Gasteiger partial charge on any atom is -0.465 e. The van der Waals surface area contributed by atoms with Gasteiger partial charge in [0.05, 0.1) is 24.4 Å². The van der Waals surface area contributed by atoms with Crippen LogP contribution in [0.5, 0.6) is 0 Å². The molecule has 3 rings (SSSR count). The van der Waals surface area contributed by atoms with E-state index in [2.05, 4.69) is 10.1 Å². The molecule has 0 unspecified atom stereocenters. The molecule has 5 nitrogen and oxygen atoms in total. The zero-order valence-electron chi connectivity index (χ0n) is 11.2. The number of aromatic nitrogens is 3. The van der Waals surface area contributed by atoms with E-state index in [0.29, 0.717) is 5.56 Å². The number of hydrogen-bond donors (Lipinski definition) is 0. The summed E-state index contributed by atoms with van der Waals surface area (Å²) >= 11 is 0. The largest absolute Gasteiger partial charge is 0.465 e. The maximum Gasteiger partial charge on any atom is 0.337 e. The van der Waals surface area contributed by atoms with Gasteiger partial charge in [-0.3, -0.25) is 9.67 Å². The second kappa shape index (κ2) is 4.77. The fourth-order valence-corrected chi connectivity index (χ4v) is 2.10. The maximum absolute atomic E-state index is 11.6. The van der Waals surface area contributed by atoms with Gasteiger partial charge in [-0.25, -0.2) is 4.79 Å². The molecule has 2 heterocycles. The van der Waals surface area contributed by atoms with Crippen LogP contribution in [0.4, 0.5) is 0 Å². The number of fused-ring (bicyclic) bond motifs is 1. The number of nitrogens with zero attached hydrogens (tertiary/aromatic N) is 3. The second-order valence-corrected chi connectivity index (χ2v) is 4.53. The summed E-state index contributed by atoms with van der Waals surface area (Å²) in [5, 5.41) is 5.04. The molecule has 0 aliphatic heterocycles. The lowest BCUT2D eigenvalue weighted by Gasteiger charge is -2.03. The molecule has 0 aliphatic carbocycles. The highest BCUT2D eigenvalue weighted by molar-refractivity contribution is 5.95. The Bertz CT molecular complexity index is 793. The van der Waals surface area contributed by atoms with Crippen LogP contribution in [0, 0.1) is 0 Å². The molecule has 0 bridgehead atoms. The van der Waals surface area contributed by atoms with Gasteiger partial charge >= 0.3 is 5.97 Å². The first-order valence-electron chi connectivity index (χ1n) is 6.14. The lowest BCUT2D eigenvalue weighted by molar-refractivity contribution is 0.0601. The maximum atomic E-state index is 11.6. The van der Waals surface area contributed by atoms with E-state index < -0.39 is 0 Å². The third kappa shape index (κ3) is 2.14. The van der Waals surface area contributed by atoms with Gasteiger partial charge in [0.15, 0.2) is 0 Å². The van der Waals surface area contributed by atoms with Crippen LogP contribution in [0.3, 0.4) is 0 Å². The molecule has 3 aromatic rings.